The first-order valence-corrected chi connectivity index (χ1v) is 7.19. The molecule has 2 N–H and O–H groups in total. The number of likely N-dealkylation sites (tertiary alicyclic amines) is 1. The van der Waals surface area contributed by atoms with Crippen molar-refractivity contribution in [2.24, 2.45) is 5.92 Å². The minimum Gasteiger partial charge on any atom is -0.475 e. The summed E-state index contributed by atoms with van der Waals surface area (Å²) in [5, 5.41) is 19.7. The van der Waals surface area contributed by atoms with E-state index in [0.717, 1.165) is 30.5 Å². The zero-order chi connectivity index (χ0) is 15.0. The Labute approximate surface area is 122 Å². The van der Waals surface area contributed by atoms with E-state index in [-0.39, 0.29) is 11.9 Å². The molecule has 2 aromatic rings. The Balaban J connectivity index is 1.76. The largest absolute Gasteiger partial charge is 0.475 e. The Bertz CT molecular complexity index is 663. The lowest BCUT2D eigenvalue weighted by Crippen LogP contribution is -2.42. The average Bonchev–Trinajstić information content (AvgIpc) is 2.86. The molecule has 5 heteroatoms. The fourth-order valence-electron chi connectivity index (χ4n) is 2.81. The molecule has 21 heavy (non-hydrogen) atoms. The monoisotopic (exact) mass is 289 g/mol. The van der Waals surface area contributed by atoms with Gasteiger partial charge in [0.25, 0.3) is 0 Å². The normalized spacial score (nSPS) is 23.5. The second kappa shape index (κ2) is 5.50. The molecule has 3 rings (SSSR count). The van der Waals surface area contributed by atoms with Gasteiger partial charge in [-0.2, -0.15) is 0 Å². The van der Waals surface area contributed by atoms with Crippen LogP contribution >= 0.6 is 0 Å². The van der Waals surface area contributed by atoms with E-state index in [1.54, 1.807) is 12.1 Å². The molecule has 112 valence electrons. The summed E-state index contributed by atoms with van der Waals surface area (Å²) in [6.45, 7) is 4.49. The van der Waals surface area contributed by atoms with Gasteiger partial charge >= 0.3 is 5.97 Å². The summed E-state index contributed by atoms with van der Waals surface area (Å²) in [6.07, 6.45) is 0.730. The minimum absolute atomic E-state index is 0.0376. The van der Waals surface area contributed by atoms with Crippen LogP contribution in [0.2, 0.25) is 0 Å². The van der Waals surface area contributed by atoms with Crippen molar-refractivity contribution in [3.05, 3.63) is 35.6 Å². The average molecular weight is 289 g/mol. The Morgan fingerprint density at radius 2 is 2.24 bits per heavy atom. The van der Waals surface area contributed by atoms with Crippen LogP contribution in [0.1, 0.15) is 29.5 Å². The van der Waals surface area contributed by atoms with E-state index in [1.807, 2.05) is 12.1 Å². The van der Waals surface area contributed by atoms with Gasteiger partial charge in [0.15, 0.2) is 0 Å². The molecule has 1 aromatic carbocycles. The van der Waals surface area contributed by atoms with Crippen molar-refractivity contribution in [2.75, 3.05) is 13.1 Å². The third-order valence-corrected chi connectivity index (χ3v) is 4.20. The Kier molecular flexibility index (Phi) is 3.69. The maximum Gasteiger partial charge on any atom is 0.371 e. The number of carboxylic acids is 1. The van der Waals surface area contributed by atoms with Crippen molar-refractivity contribution in [2.45, 2.75) is 26.0 Å². The molecule has 0 aliphatic carbocycles. The number of rotatable bonds is 3. The van der Waals surface area contributed by atoms with Crippen molar-refractivity contribution in [1.82, 2.24) is 4.90 Å². The van der Waals surface area contributed by atoms with Crippen molar-refractivity contribution in [3.8, 4) is 0 Å². The van der Waals surface area contributed by atoms with Crippen LogP contribution in [-0.2, 0) is 6.54 Å². The number of hydrogen-bond acceptors (Lipinski definition) is 4. The number of carbonyl (C=O) groups is 1. The number of piperidine rings is 1. The van der Waals surface area contributed by atoms with Crippen LogP contribution in [0.5, 0.6) is 0 Å². The maximum atomic E-state index is 10.9. The van der Waals surface area contributed by atoms with Crippen molar-refractivity contribution < 1.29 is 19.4 Å². The van der Waals surface area contributed by atoms with Crippen LogP contribution in [-0.4, -0.2) is 40.3 Å². The van der Waals surface area contributed by atoms with E-state index < -0.39 is 5.97 Å². The van der Waals surface area contributed by atoms with Gasteiger partial charge in [0.1, 0.15) is 5.58 Å². The third kappa shape index (κ3) is 2.94. The number of aliphatic hydroxyl groups is 1. The minimum atomic E-state index is -1.05. The molecule has 1 fully saturated rings. The van der Waals surface area contributed by atoms with Gasteiger partial charge in [-0.1, -0.05) is 13.0 Å². The molecular weight excluding hydrogens is 270 g/mol. The lowest BCUT2D eigenvalue weighted by Gasteiger charge is -2.34. The molecule has 2 atom stereocenters. The summed E-state index contributed by atoms with van der Waals surface area (Å²) < 4.78 is 5.25. The lowest BCUT2D eigenvalue weighted by molar-refractivity contribution is 0.0259. The fraction of sp³-hybridized carbons (Fsp3) is 0.438. The topological polar surface area (TPSA) is 73.9 Å². The quantitative estimate of drug-likeness (QED) is 0.907. The van der Waals surface area contributed by atoms with Gasteiger partial charge < -0.3 is 14.6 Å². The Hall–Kier alpha value is -1.85. The van der Waals surface area contributed by atoms with E-state index in [4.69, 9.17) is 9.52 Å². The summed E-state index contributed by atoms with van der Waals surface area (Å²) >= 11 is 0. The highest BCUT2D eigenvalue weighted by atomic mass is 16.4. The van der Waals surface area contributed by atoms with E-state index in [2.05, 4.69) is 11.8 Å². The first-order chi connectivity index (χ1) is 10.0. The number of β-amino-alcohol motifs (C(OH)–C–C–N with tert-alkyl or cyclic N) is 1. The fourth-order valence-corrected chi connectivity index (χ4v) is 2.81. The van der Waals surface area contributed by atoms with Crippen LogP contribution < -0.4 is 0 Å². The van der Waals surface area contributed by atoms with Crippen LogP contribution in [0.15, 0.2) is 28.7 Å². The molecule has 5 nitrogen and oxygen atoms in total. The number of aliphatic hydroxyl groups excluding tert-OH is 1. The van der Waals surface area contributed by atoms with Gasteiger partial charge in [-0.3, -0.25) is 4.90 Å². The molecule has 1 aromatic heterocycles. The predicted octanol–water partition coefficient (Wildman–Crippen LogP) is 2.33. The lowest BCUT2D eigenvalue weighted by atomic mass is 9.96. The molecule has 0 amide bonds. The number of furan rings is 1. The highest BCUT2D eigenvalue weighted by Crippen LogP contribution is 2.23. The summed E-state index contributed by atoms with van der Waals surface area (Å²) in [5.74, 6) is -0.735. The van der Waals surface area contributed by atoms with Crippen molar-refractivity contribution in [1.29, 1.82) is 0 Å². The van der Waals surface area contributed by atoms with Gasteiger partial charge in [-0.15, -0.1) is 0 Å². The van der Waals surface area contributed by atoms with E-state index in [0.29, 0.717) is 18.0 Å². The molecule has 2 unspecified atom stereocenters. The first-order valence-electron chi connectivity index (χ1n) is 7.19. The van der Waals surface area contributed by atoms with Crippen molar-refractivity contribution in [3.63, 3.8) is 0 Å². The standard InChI is InChI=1S/C16H19NO4/c1-10-4-5-17(9-13(10)18)8-11-2-3-14-12(6-11)7-15(21-14)16(19)20/h2-3,6-7,10,13,18H,4-5,8-9H2,1H3,(H,19,20). The molecule has 0 bridgehead atoms. The Morgan fingerprint density at radius 1 is 1.43 bits per heavy atom. The molecule has 1 aliphatic heterocycles. The smallest absolute Gasteiger partial charge is 0.371 e. The van der Waals surface area contributed by atoms with Crippen LogP contribution in [0.25, 0.3) is 11.0 Å². The zero-order valence-electron chi connectivity index (χ0n) is 12.0. The van der Waals surface area contributed by atoms with Gasteiger partial charge in [-0.25, -0.2) is 4.79 Å². The molecule has 2 heterocycles. The number of benzene rings is 1. The molecular formula is C16H19NO4. The number of carboxylic acid groups (broad SMARTS) is 1. The molecule has 1 saturated heterocycles. The van der Waals surface area contributed by atoms with Gasteiger partial charge in [0.2, 0.25) is 5.76 Å². The van der Waals surface area contributed by atoms with E-state index in [9.17, 15) is 9.90 Å². The maximum absolute atomic E-state index is 10.9. The van der Waals surface area contributed by atoms with Crippen molar-refractivity contribution >= 4 is 16.9 Å². The van der Waals surface area contributed by atoms with E-state index >= 15 is 0 Å². The van der Waals surface area contributed by atoms with Gasteiger partial charge in [-0.05, 0) is 42.6 Å². The summed E-state index contributed by atoms with van der Waals surface area (Å²) in [4.78, 5) is 13.1. The number of nitrogens with zero attached hydrogens (tertiary/aromatic N) is 1. The van der Waals surface area contributed by atoms with Crippen LogP contribution in [0, 0.1) is 5.92 Å². The molecule has 1 aliphatic rings. The Morgan fingerprint density at radius 3 is 2.95 bits per heavy atom. The van der Waals surface area contributed by atoms with Gasteiger partial charge in [0.05, 0.1) is 6.10 Å². The SMILES string of the molecule is CC1CCN(Cc2ccc3oc(C(=O)O)cc3c2)CC1O. The summed E-state index contributed by atoms with van der Waals surface area (Å²) in [5.41, 5.74) is 1.69. The molecule has 0 spiro atoms. The predicted molar refractivity (Wildman–Crippen MR) is 78.2 cm³/mol. The molecule has 0 radical (unpaired) electrons. The van der Waals surface area contributed by atoms with E-state index in [1.165, 1.54) is 0 Å². The first kappa shape index (κ1) is 14.1. The van der Waals surface area contributed by atoms with Crippen LogP contribution in [0.4, 0.5) is 0 Å². The number of hydrogen-bond donors (Lipinski definition) is 2. The second-order valence-corrected chi connectivity index (χ2v) is 5.86. The summed E-state index contributed by atoms with van der Waals surface area (Å²) in [6, 6.07) is 7.26. The van der Waals surface area contributed by atoms with Crippen LogP contribution in [0.3, 0.4) is 0 Å². The highest BCUT2D eigenvalue weighted by Gasteiger charge is 2.24. The number of fused-ring (bicyclic) bond motifs is 1. The highest BCUT2D eigenvalue weighted by molar-refractivity contribution is 5.91. The van der Waals surface area contributed by atoms with Gasteiger partial charge in [0, 0.05) is 18.5 Å². The molecule has 0 saturated carbocycles. The number of aromatic carboxylic acids is 1. The summed E-state index contributed by atoms with van der Waals surface area (Å²) in [7, 11) is 0. The zero-order valence-corrected chi connectivity index (χ0v) is 12.0. The third-order valence-electron chi connectivity index (χ3n) is 4.20. The second-order valence-electron chi connectivity index (χ2n) is 5.86.